The average molecular weight is 241 g/mol. The molecule has 92 valence electrons. The molecule has 0 saturated heterocycles. The molecule has 17 heavy (non-hydrogen) atoms. The van der Waals surface area contributed by atoms with E-state index in [0.717, 1.165) is 0 Å². The van der Waals surface area contributed by atoms with Crippen LogP contribution in [-0.4, -0.2) is 45.3 Å². The Bertz CT molecular complexity index is 423. The number of rotatable bonds is 6. The molecule has 0 fully saturated rings. The maximum absolute atomic E-state index is 10.8. The number of carbonyl (C=O) groups is 2. The average Bonchev–Trinajstić information content (AvgIpc) is 2.27. The number of aliphatic carboxylic acids is 2. The van der Waals surface area contributed by atoms with E-state index in [0.29, 0.717) is 0 Å². The number of hydrogen-bond donors (Lipinski definition) is 3. The zero-order valence-corrected chi connectivity index (χ0v) is 8.95. The summed E-state index contributed by atoms with van der Waals surface area (Å²) in [5.41, 5.74) is 0. The van der Waals surface area contributed by atoms with Crippen LogP contribution in [0.1, 0.15) is 6.42 Å². The molecule has 8 nitrogen and oxygen atoms in total. The standard InChI is InChI=1S/C9H11N3O5/c1-17-7-3-6(10-4-11-7)12-5(9(15)16)2-8(13)14/h3-5H,2H2,1H3,(H,13,14)(H,15,16)(H,10,11,12). The summed E-state index contributed by atoms with van der Waals surface area (Å²) in [5.74, 6) is -2.05. The van der Waals surface area contributed by atoms with Crippen LogP contribution in [0.25, 0.3) is 0 Å². The van der Waals surface area contributed by atoms with Crippen molar-refractivity contribution in [1.82, 2.24) is 9.97 Å². The minimum atomic E-state index is -1.27. The Kier molecular flexibility index (Phi) is 4.21. The Morgan fingerprint density at radius 3 is 2.71 bits per heavy atom. The van der Waals surface area contributed by atoms with Gasteiger partial charge >= 0.3 is 11.9 Å². The lowest BCUT2D eigenvalue weighted by molar-refractivity contribution is -0.144. The van der Waals surface area contributed by atoms with Crippen molar-refractivity contribution in [2.24, 2.45) is 0 Å². The van der Waals surface area contributed by atoms with Gasteiger partial charge in [0, 0.05) is 6.07 Å². The van der Waals surface area contributed by atoms with Crippen molar-refractivity contribution in [1.29, 1.82) is 0 Å². The minimum absolute atomic E-state index is 0.186. The summed E-state index contributed by atoms with van der Waals surface area (Å²) < 4.78 is 4.82. The highest BCUT2D eigenvalue weighted by Gasteiger charge is 2.21. The molecule has 0 aliphatic heterocycles. The maximum Gasteiger partial charge on any atom is 0.326 e. The molecule has 0 aromatic carbocycles. The number of ether oxygens (including phenoxy) is 1. The van der Waals surface area contributed by atoms with Gasteiger partial charge in [-0.3, -0.25) is 4.79 Å². The van der Waals surface area contributed by atoms with Crippen LogP contribution in [-0.2, 0) is 9.59 Å². The molecule has 1 rings (SSSR count). The molecule has 8 heteroatoms. The van der Waals surface area contributed by atoms with E-state index in [1.807, 2.05) is 0 Å². The number of aromatic nitrogens is 2. The molecule has 1 atom stereocenters. The van der Waals surface area contributed by atoms with Gasteiger partial charge in [-0.25, -0.2) is 14.8 Å². The summed E-state index contributed by atoms with van der Waals surface area (Å²) >= 11 is 0. The highest BCUT2D eigenvalue weighted by molar-refractivity contribution is 5.83. The highest BCUT2D eigenvalue weighted by atomic mass is 16.5. The van der Waals surface area contributed by atoms with Crippen LogP contribution < -0.4 is 10.1 Å². The second kappa shape index (κ2) is 5.64. The fraction of sp³-hybridized carbons (Fsp3) is 0.333. The SMILES string of the molecule is COc1cc(NC(CC(=O)O)C(=O)O)ncn1. The second-order valence-electron chi connectivity index (χ2n) is 3.08. The van der Waals surface area contributed by atoms with Crippen LogP contribution in [0.4, 0.5) is 5.82 Å². The smallest absolute Gasteiger partial charge is 0.326 e. The van der Waals surface area contributed by atoms with Crippen molar-refractivity contribution in [3.05, 3.63) is 12.4 Å². The van der Waals surface area contributed by atoms with Crippen molar-refractivity contribution in [3.63, 3.8) is 0 Å². The molecule has 0 aliphatic rings. The molecule has 1 aromatic rings. The quantitative estimate of drug-likeness (QED) is 0.627. The van der Waals surface area contributed by atoms with E-state index in [1.165, 1.54) is 19.5 Å². The Morgan fingerprint density at radius 2 is 2.18 bits per heavy atom. The van der Waals surface area contributed by atoms with Crippen LogP contribution in [0, 0.1) is 0 Å². The van der Waals surface area contributed by atoms with E-state index < -0.39 is 24.4 Å². The van der Waals surface area contributed by atoms with Crippen molar-refractivity contribution in [3.8, 4) is 5.88 Å². The molecular weight excluding hydrogens is 230 g/mol. The molecule has 0 bridgehead atoms. The van der Waals surface area contributed by atoms with E-state index in [2.05, 4.69) is 15.3 Å². The molecule has 0 amide bonds. The molecule has 3 N–H and O–H groups in total. The lowest BCUT2D eigenvalue weighted by Crippen LogP contribution is -2.32. The normalized spacial score (nSPS) is 11.6. The Labute approximate surface area is 96.3 Å². The van der Waals surface area contributed by atoms with Crippen molar-refractivity contribution >= 4 is 17.8 Å². The van der Waals surface area contributed by atoms with Crippen LogP contribution >= 0.6 is 0 Å². The van der Waals surface area contributed by atoms with Crippen molar-refractivity contribution in [2.75, 3.05) is 12.4 Å². The van der Waals surface area contributed by atoms with E-state index >= 15 is 0 Å². The highest BCUT2D eigenvalue weighted by Crippen LogP contribution is 2.12. The van der Waals surface area contributed by atoms with Gasteiger partial charge in [-0.05, 0) is 0 Å². The van der Waals surface area contributed by atoms with Gasteiger partial charge in [0.05, 0.1) is 13.5 Å². The summed E-state index contributed by atoms with van der Waals surface area (Å²) in [4.78, 5) is 28.8. The number of methoxy groups -OCH3 is 1. The molecule has 0 radical (unpaired) electrons. The first-order valence-electron chi connectivity index (χ1n) is 4.60. The summed E-state index contributed by atoms with van der Waals surface area (Å²) in [6.45, 7) is 0. The largest absolute Gasteiger partial charge is 0.481 e. The van der Waals surface area contributed by atoms with Crippen molar-refractivity contribution in [2.45, 2.75) is 12.5 Å². The zero-order valence-electron chi connectivity index (χ0n) is 8.95. The molecule has 0 saturated carbocycles. The molecule has 1 aromatic heterocycles. The van der Waals surface area contributed by atoms with Gasteiger partial charge in [0.15, 0.2) is 0 Å². The fourth-order valence-corrected chi connectivity index (χ4v) is 1.08. The number of carboxylic acids is 2. The topological polar surface area (TPSA) is 122 Å². The molecule has 1 heterocycles. The van der Waals surface area contributed by atoms with Crippen LogP contribution in [0.5, 0.6) is 5.88 Å². The maximum atomic E-state index is 10.8. The van der Waals surface area contributed by atoms with Crippen LogP contribution in [0.2, 0.25) is 0 Å². The first kappa shape index (κ1) is 12.7. The van der Waals surface area contributed by atoms with Gasteiger partial charge in [-0.2, -0.15) is 0 Å². The van der Waals surface area contributed by atoms with Gasteiger partial charge in [0.2, 0.25) is 5.88 Å². The third-order valence-corrected chi connectivity index (χ3v) is 1.85. The van der Waals surface area contributed by atoms with E-state index in [9.17, 15) is 9.59 Å². The van der Waals surface area contributed by atoms with E-state index in [4.69, 9.17) is 14.9 Å². The summed E-state index contributed by atoms with van der Waals surface area (Å²) in [7, 11) is 1.40. The number of anilines is 1. The third-order valence-electron chi connectivity index (χ3n) is 1.85. The Balaban J connectivity index is 2.78. The van der Waals surface area contributed by atoms with Gasteiger partial charge in [-0.1, -0.05) is 0 Å². The van der Waals surface area contributed by atoms with Gasteiger partial charge in [-0.15, -0.1) is 0 Å². The summed E-state index contributed by atoms with van der Waals surface area (Å²) in [6.07, 6.45) is 0.627. The summed E-state index contributed by atoms with van der Waals surface area (Å²) in [6, 6.07) is 0.115. The van der Waals surface area contributed by atoms with E-state index in [1.54, 1.807) is 0 Å². The lowest BCUT2D eigenvalue weighted by Gasteiger charge is -2.12. The molecule has 0 aliphatic carbocycles. The van der Waals surface area contributed by atoms with Crippen molar-refractivity contribution < 1.29 is 24.5 Å². The zero-order chi connectivity index (χ0) is 12.8. The monoisotopic (exact) mass is 241 g/mol. The first-order valence-corrected chi connectivity index (χ1v) is 4.60. The van der Waals surface area contributed by atoms with Gasteiger partial charge in [0.1, 0.15) is 18.2 Å². The number of nitrogens with zero attached hydrogens (tertiary/aromatic N) is 2. The van der Waals surface area contributed by atoms with Crippen LogP contribution in [0.3, 0.4) is 0 Å². The molecular formula is C9H11N3O5. The predicted molar refractivity (Wildman–Crippen MR) is 55.9 cm³/mol. The van der Waals surface area contributed by atoms with Gasteiger partial charge in [0.25, 0.3) is 0 Å². The third kappa shape index (κ3) is 3.93. The minimum Gasteiger partial charge on any atom is -0.481 e. The molecule has 1 unspecified atom stereocenters. The number of carboxylic acid groups (broad SMARTS) is 2. The summed E-state index contributed by atoms with van der Waals surface area (Å²) in [5, 5.41) is 19.8. The Morgan fingerprint density at radius 1 is 1.47 bits per heavy atom. The Hall–Kier alpha value is -2.38. The number of hydrogen-bond acceptors (Lipinski definition) is 6. The predicted octanol–water partition coefficient (Wildman–Crippen LogP) is -0.175. The fourth-order valence-electron chi connectivity index (χ4n) is 1.08. The second-order valence-corrected chi connectivity index (χ2v) is 3.08. The molecule has 0 spiro atoms. The number of nitrogens with one attached hydrogen (secondary N) is 1. The van der Waals surface area contributed by atoms with Crippen LogP contribution in [0.15, 0.2) is 12.4 Å². The first-order chi connectivity index (χ1) is 8.02. The van der Waals surface area contributed by atoms with Gasteiger partial charge < -0.3 is 20.3 Å². The van der Waals surface area contributed by atoms with E-state index in [-0.39, 0.29) is 11.7 Å². The lowest BCUT2D eigenvalue weighted by atomic mass is 10.2.